The van der Waals surface area contributed by atoms with Crippen LogP contribution < -0.4 is 4.72 Å². The van der Waals surface area contributed by atoms with Crippen LogP contribution in [-0.4, -0.2) is 28.3 Å². The Labute approximate surface area is 149 Å². The second kappa shape index (κ2) is 7.34. The maximum atomic E-state index is 12.3. The molecule has 0 bridgehead atoms. The zero-order valence-electron chi connectivity index (χ0n) is 13.4. The lowest BCUT2D eigenvalue weighted by Crippen LogP contribution is -2.23. The molecule has 0 aliphatic heterocycles. The van der Waals surface area contributed by atoms with Crippen molar-refractivity contribution < 1.29 is 12.9 Å². The van der Waals surface area contributed by atoms with E-state index in [4.69, 9.17) is 16.1 Å². The molecule has 0 aliphatic carbocycles. The van der Waals surface area contributed by atoms with Crippen molar-refractivity contribution in [2.24, 2.45) is 0 Å². The monoisotopic (exact) mass is 381 g/mol. The highest BCUT2D eigenvalue weighted by atomic mass is 35.5. The van der Waals surface area contributed by atoms with Crippen LogP contribution in [0.3, 0.4) is 0 Å². The summed E-state index contributed by atoms with van der Waals surface area (Å²) in [6.07, 6.45) is 3.65. The zero-order chi connectivity index (χ0) is 17.9. The third-order valence-electron chi connectivity index (χ3n) is 3.37. The number of hydrogen-bond acceptors (Lipinski definition) is 6. The summed E-state index contributed by atoms with van der Waals surface area (Å²) in [6.45, 7) is 2.51. The van der Waals surface area contributed by atoms with Crippen LogP contribution in [0.1, 0.15) is 19.2 Å². The molecule has 0 saturated heterocycles. The first-order valence-electron chi connectivity index (χ1n) is 7.59. The summed E-state index contributed by atoms with van der Waals surface area (Å²) in [5.41, 5.74) is 0.614. The van der Waals surface area contributed by atoms with Crippen LogP contribution in [0.15, 0.2) is 46.1 Å². The zero-order valence-corrected chi connectivity index (χ0v) is 15.0. The molecule has 2 aromatic heterocycles. The van der Waals surface area contributed by atoms with E-state index in [1.807, 2.05) is 6.92 Å². The van der Waals surface area contributed by atoms with Gasteiger partial charge in [-0.25, -0.2) is 13.1 Å². The average molecular weight is 382 g/mol. The molecule has 0 amide bonds. The van der Waals surface area contributed by atoms with Crippen molar-refractivity contribution in [3.8, 4) is 11.4 Å². The first-order chi connectivity index (χ1) is 12.0. The molecule has 0 radical (unpaired) electrons. The molecule has 0 fully saturated rings. The molecule has 3 rings (SSSR count). The highest BCUT2D eigenvalue weighted by molar-refractivity contribution is 7.89. The number of nitrogens with one attached hydrogen (secondary N) is 1. The molecule has 0 spiro atoms. The summed E-state index contributed by atoms with van der Waals surface area (Å²) < 4.78 is 33.6. The SMILES string of the molecule is CCCn1cc(S(=O)(=O)NCc2nc(-c3ccccc3Cl)no2)cn1. The van der Waals surface area contributed by atoms with E-state index < -0.39 is 10.0 Å². The lowest BCUT2D eigenvalue weighted by molar-refractivity contribution is 0.376. The third-order valence-corrected chi connectivity index (χ3v) is 5.05. The maximum Gasteiger partial charge on any atom is 0.244 e. The predicted molar refractivity (Wildman–Crippen MR) is 91.3 cm³/mol. The molecule has 2 heterocycles. The number of benzene rings is 1. The van der Waals surface area contributed by atoms with Gasteiger partial charge in [-0.2, -0.15) is 10.1 Å². The van der Waals surface area contributed by atoms with Crippen LogP contribution >= 0.6 is 11.6 Å². The fourth-order valence-electron chi connectivity index (χ4n) is 2.15. The van der Waals surface area contributed by atoms with Gasteiger partial charge in [0.15, 0.2) is 0 Å². The summed E-state index contributed by atoms with van der Waals surface area (Å²) in [5, 5.41) is 8.32. The van der Waals surface area contributed by atoms with Crippen molar-refractivity contribution in [3.63, 3.8) is 0 Å². The summed E-state index contributed by atoms with van der Waals surface area (Å²) in [5.74, 6) is 0.440. The fourth-order valence-corrected chi connectivity index (χ4v) is 3.30. The number of hydrogen-bond donors (Lipinski definition) is 1. The molecule has 1 N–H and O–H groups in total. The van der Waals surface area contributed by atoms with Gasteiger partial charge in [-0.1, -0.05) is 35.8 Å². The van der Waals surface area contributed by atoms with Gasteiger partial charge in [-0.3, -0.25) is 4.68 Å². The average Bonchev–Trinajstić information content (AvgIpc) is 3.24. The molecule has 10 heteroatoms. The molecule has 25 heavy (non-hydrogen) atoms. The minimum atomic E-state index is -3.71. The number of rotatable bonds is 7. The standard InChI is InChI=1S/C15H16ClN5O3S/c1-2-7-21-10-11(8-17-21)25(22,23)18-9-14-19-15(20-24-14)12-5-3-4-6-13(12)16/h3-6,8,10,18H,2,7,9H2,1H3. The van der Waals surface area contributed by atoms with Gasteiger partial charge in [0.1, 0.15) is 4.90 Å². The molecule has 0 saturated carbocycles. The van der Waals surface area contributed by atoms with Crippen LogP contribution in [0.2, 0.25) is 5.02 Å². The number of aromatic nitrogens is 4. The second-order valence-electron chi connectivity index (χ2n) is 5.26. The molecule has 0 aliphatic rings. The lowest BCUT2D eigenvalue weighted by Gasteiger charge is -2.01. The first kappa shape index (κ1) is 17.6. The summed E-state index contributed by atoms with van der Waals surface area (Å²) in [6, 6.07) is 7.06. The van der Waals surface area contributed by atoms with Crippen molar-refractivity contribution in [1.82, 2.24) is 24.6 Å². The third kappa shape index (κ3) is 4.06. The van der Waals surface area contributed by atoms with Gasteiger partial charge in [0.25, 0.3) is 0 Å². The Morgan fingerprint density at radius 3 is 2.88 bits per heavy atom. The minimum Gasteiger partial charge on any atom is -0.338 e. The summed E-state index contributed by atoms with van der Waals surface area (Å²) in [7, 11) is -3.71. The van der Waals surface area contributed by atoms with Gasteiger partial charge in [-0.15, -0.1) is 0 Å². The Bertz CT molecular complexity index is 967. The number of halogens is 1. The van der Waals surface area contributed by atoms with Gasteiger partial charge in [0, 0.05) is 18.3 Å². The van der Waals surface area contributed by atoms with Crippen LogP contribution in [0.4, 0.5) is 0 Å². The van der Waals surface area contributed by atoms with Crippen molar-refractivity contribution >= 4 is 21.6 Å². The Hall–Kier alpha value is -2.23. The molecule has 3 aromatic rings. The van der Waals surface area contributed by atoms with Crippen molar-refractivity contribution in [1.29, 1.82) is 0 Å². The number of aryl methyl sites for hydroxylation is 1. The van der Waals surface area contributed by atoms with Crippen LogP contribution in [0.25, 0.3) is 11.4 Å². The van der Waals surface area contributed by atoms with Gasteiger partial charge in [0.2, 0.25) is 21.7 Å². The molecular formula is C15H16ClN5O3S. The Balaban J connectivity index is 1.70. The van der Waals surface area contributed by atoms with E-state index in [0.29, 0.717) is 23.0 Å². The minimum absolute atomic E-state index is 0.0896. The van der Waals surface area contributed by atoms with E-state index in [1.165, 1.54) is 12.4 Å². The van der Waals surface area contributed by atoms with Crippen LogP contribution in [-0.2, 0) is 23.1 Å². The number of sulfonamides is 1. The van der Waals surface area contributed by atoms with E-state index in [1.54, 1.807) is 28.9 Å². The number of nitrogens with zero attached hydrogens (tertiary/aromatic N) is 4. The van der Waals surface area contributed by atoms with Crippen LogP contribution in [0, 0.1) is 0 Å². The summed E-state index contributed by atoms with van der Waals surface area (Å²) >= 11 is 6.08. The Morgan fingerprint density at radius 1 is 1.32 bits per heavy atom. The Kier molecular flexibility index (Phi) is 5.16. The first-order valence-corrected chi connectivity index (χ1v) is 9.45. The van der Waals surface area contributed by atoms with E-state index in [9.17, 15) is 8.42 Å². The molecule has 0 atom stereocenters. The maximum absolute atomic E-state index is 12.3. The molecule has 8 nitrogen and oxygen atoms in total. The van der Waals surface area contributed by atoms with E-state index in [0.717, 1.165) is 6.42 Å². The molecule has 0 unspecified atom stereocenters. The summed E-state index contributed by atoms with van der Waals surface area (Å²) in [4.78, 5) is 4.25. The van der Waals surface area contributed by atoms with E-state index in [-0.39, 0.29) is 17.3 Å². The normalized spacial score (nSPS) is 11.8. The molecule has 132 valence electrons. The van der Waals surface area contributed by atoms with Gasteiger partial charge in [-0.05, 0) is 18.6 Å². The Morgan fingerprint density at radius 2 is 2.12 bits per heavy atom. The van der Waals surface area contributed by atoms with E-state index in [2.05, 4.69) is 20.0 Å². The highest BCUT2D eigenvalue weighted by Gasteiger charge is 2.18. The molecular weight excluding hydrogens is 366 g/mol. The van der Waals surface area contributed by atoms with Crippen molar-refractivity contribution in [2.45, 2.75) is 31.3 Å². The molecule has 1 aromatic carbocycles. The largest absolute Gasteiger partial charge is 0.338 e. The van der Waals surface area contributed by atoms with Gasteiger partial charge in [0.05, 0.1) is 17.8 Å². The topological polar surface area (TPSA) is 103 Å². The van der Waals surface area contributed by atoms with Gasteiger partial charge < -0.3 is 4.52 Å². The smallest absolute Gasteiger partial charge is 0.244 e. The fraction of sp³-hybridized carbons (Fsp3) is 0.267. The predicted octanol–water partition coefficient (Wildman–Crippen LogP) is 2.48. The van der Waals surface area contributed by atoms with Crippen LogP contribution in [0.5, 0.6) is 0 Å². The quantitative estimate of drug-likeness (QED) is 0.674. The second-order valence-corrected chi connectivity index (χ2v) is 7.43. The van der Waals surface area contributed by atoms with Crippen molar-refractivity contribution in [3.05, 3.63) is 47.6 Å². The van der Waals surface area contributed by atoms with E-state index >= 15 is 0 Å². The lowest BCUT2D eigenvalue weighted by atomic mass is 10.2. The highest BCUT2D eigenvalue weighted by Crippen LogP contribution is 2.24. The van der Waals surface area contributed by atoms with Gasteiger partial charge >= 0.3 is 0 Å². The van der Waals surface area contributed by atoms with Crippen molar-refractivity contribution in [2.75, 3.05) is 0 Å².